The first kappa shape index (κ1) is 29.2. The van der Waals surface area contributed by atoms with Gasteiger partial charge in [0.1, 0.15) is 11.6 Å². The van der Waals surface area contributed by atoms with Gasteiger partial charge in [0.15, 0.2) is 0 Å². The number of methoxy groups -OCH3 is 1. The highest BCUT2D eigenvalue weighted by Gasteiger charge is 2.38. The van der Waals surface area contributed by atoms with Crippen molar-refractivity contribution in [3.63, 3.8) is 0 Å². The Bertz CT molecular complexity index is 812. The van der Waals surface area contributed by atoms with Crippen molar-refractivity contribution in [3.8, 4) is 6.07 Å². The van der Waals surface area contributed by atoms with Gasteiger partial charge >= 0.3 is 6.09 Å². The van der Waals surface area contributed by atoms with Crippen molar-refractivity contribution in [3.05, 3.63) is 0 Å². The summed E-state index contributed by atoms with van der Waals surface area (Å²) in [6.45, 7) is 5.57. The summed E-state index contributed by atoms with van der Waals surface area (Å²) in [7, 11) is 3.73. The molecule has 0 radical (unpaired) electrons. The summed E-state index contributed by atoms with van der Waals surface area (Å²) in [6.07, 6.45) is 8.91. The fraction of sp³-hybridized carbons (Fsp3) is 0.852. The molecule has 3 fully saturated rings. The molecule has 1 unspecified atom stereocenters. The molecule has 3 rings (SSSR count). The maximum absolute atomic E-state index is 13.8. The van der Waals surface area contributed by atoms with Gasteiger partial charge in [-0.1, -0.05) is 32.1 Å². The highest BCUT2D eigenvalue weighted by Crippen LogP contribution is 2.29. The summed E-state index contributed by atoms with van der Waals surface area (Å²) >= 11 is 0. The Kier molecular flexibility index (Phi) is 11.5. The smallest absolute Gasteiger partial charge is 0.413 e. The standard InChI is InChI=1S/C27H46N6O4/c1-4-37-26(35)30-25(33-14-8-11-22(18-33)19-36-3)29-23(17-21-9-6-5-7-10-21)24(34)31-27(20-28)12-15-32(2)16-13-27/h21-23H,4-19H2,1-3H3,(H,31,34)(H,29,30,35)/t22?,23-/m0/s1. The second-order valence-corrected chi connectivity index (χ2v) is 10.9. The van der Waals surface area contributed by atoms with Crippen LogP contribution in [-0.2, 0) is 14.3 Å². The third-order valence-electron chi connectivity index (χ3n) is 7.99. The lowest BCUT2D eigenvalue weighted by Gasteiger charge is -2.37. The Morgan fingerprint density at radius 1 is 1.11 bits per heavy atom. The summed E-state index contributed by atoms with van der Waals surface area (Å²) in [6, 6.07) is 1.70. The van der Waals surface area contributed by atoms with E-state index in [-0.39, 0.29) is 12.5 Å². The van der Waals surface area contributed by atoms with Crippen LogP contribution in [0.25, 0.3) is 0 Å². The van der Waals surface area contributed by atoms with Gasteiger partial charge in [0, 0.05) is 33.3 Å². The second-order valence-electron chi connectivity index (χ2n) is 10.9. The number of likely N-dealkylation sites (tertiary alicyclic amines) is 2. The molecule has 0 aromatic heterocycles. The van der Waals surface area contributed by atoms with E-state index >= 15 is 0 Å². The Morgan fingerprint density at radius 2 is 1.81 bits per heavy atom. The number of amides is 2. The molecule has 2 N–H and O–H groups in total. The number of nitrogens with zero attached hydrogens (tertiary/aromatic N) is 4. The van der Waals surface area contributed by atoms with Crippen molar-refractivity contribution in [2.24, 2.45) is 16.8 Å². The van der Waals surface area contributed by atoms with Gasteiger partial charge in [-0.3, -0.25) is 10.1 Å². The molecule has 2 heterocycles. The van der Waals surface area contributed by atoms with Gasteiger partial charge in [-0.25, -0.2) is 9.79 Å². The highest BCUT2D eigenvalue weighted by molar-refractivity contribution is 5.96. The molecule has 3 aliphatic rings. The normalized spacial score (nSPS) is 24.1. The van der Waals surface area contributed by atoms with Crippen LogP contribution >= 0.6 is 0 Å². The number of aliphatic imine (C=N–C) groups is 1. The number of guanidine groups is 1. The number of carbonyl (C=O) groups excluding carboxylic acids is 2. The molecule has 10 nitrogen and oxygen atoms in total. The van der Waals surface area contributed by atoms with Gasteiger partial charge in [-0.2, -0.15) is 5.26 Å². The number of ether oxygens (including phenoxy) is 2. The largest absolute Gasteiger partial charge is 0.450 e. The lowest BCUT2D eigenvalue weighted by molar-refractivity contribution is -0.124. The molecule has 1 aliphatic carbocycles. The van der Waals surface area contributed by atoms with E-state index in [1.54, 1.807) is 14.0 Å². The maximum Gasteiger partial charge on any atom is 0.413 e. The molecule has 10 heteroatoms. The predicted octanol–water partition coefficient (Wildman–Crippen LogP) is 2.89. The minimum Gasteiger partial charge on any atom is -0.450 e. The van der Waals surface area contributed by atoms with Crippen LogP contribution in [0.4, 0.5) is 4.79 Å². The monoisotopic (exact) mass is 518 g/mol. The first-order chi connectivity index (χ1) is 17.9. The van der Waals surface area contributed by atoms with Gasteiger partial charge in [0.2, 0.25) is 11.9 Å². The summed E-state index contributed by atoms with van der Waals surface area (Å²) in [5.41, 5.74) is -0.882. The summed E-state index contributed by atoms with van der Waals surface area (Å²) < 4.78 is 10.6. The van der Waals surface area contributed by atoms with Crippen molar-refractivity contribution in [1.82, 2.24) is 20.4 Å². The quantitative estimate of drug-likeness (QED) is 0.375. The molecular weight excluding hydrogens is 472 g/mol. The molecule has 1 saturated carbocycles. The van der Waals surface area contributed by atoms with Crippen molar-refractivity contribution in [2.75, 3.05) is 53.6 Å². The Balaban J connectivity index is 1.87. The SMILES string of the molecule is CCOC(=O)NC(=N[C@@H](CC1CCCCC1)C(=O)NC1(C#N)CCN(C)CC1)N1CCCC(COC)C1. The van der Waals surface area contributed by atoms with Gasteiger partial charge in [-0.05, 0) is 57.9 Å². The molecule has 2 aliphatic heterocycles. The lowest BCUT2D eigenvalue weighted by atomic mass is 9.84. The number of carbonyl (C=O) groups is 2. The number of nitrogens with one attached hydrogen (secondary N) is 2. The molecule has 0 spiro atoms. The third-order valence-corrected chi connectivity index (χ3v) is 7.99. The zero-order chi connectivity index (χ0) is 26.7. The number of hydrogen-bond acceptors (Lipinski definition) is 7. The molecule has 2 amide bonds. The van der Waals surface area contributed by atoms with Crippen molar-refractivity contribution >= 4 is 18.0 Å². The van der Waals surface area contributed by atoms with E-state index < -0.39 is 17.7 Å². The van der Waals surface area contributed by atoms with Crippen LogP contribution in [0, 0.1) is 23.2 Å². The Labute approximate surface area is 222 Å². The number of rotatable bonds is 8. The minimum absolute atomic E-state index is 0.231. The molecule has 37 heavy (non-hydrogen) atoms. The average Bonchev–Trinajstić information content (AvgIpc) is 2.90. The van der Waals surface area contributed by atoms with E-state index in [1.165, 1.54) is 6.42 Å². The lowest BCUT2D eigenvalue weighted by Crippen LogP contribution is -2.56. The van der Waals surface area contributed by atoms with Crippen LogP contribution in [0.1, 0.15) is 71.1 Å². The van der Waals surface area contributed by atoms with Crippen molar-refractivity contribution in [2.45, 2.75) is 82.7 Å². The van der Waals surface area contributed by atoms with Crippen LogP contribution in [0.3, 0.4) is 0 Å². The van der Waals surface area contributed by atoms with Gasteiger partial charge in [0.05, 0.1) is 19.3 Å². The molecular formula is C27H46N6O4. The van der Waals surface area contributed by atoms with Crippen LogP contribution in [0.5, 0.6) is 0 Å². The molecule has 0 aromatic carbocycles. The van der Waals surface area contributed by atoms with E-state index in [1.807, 2.05) is 11.9 Å². The van der Waals surface area contributed by atoms with Gasteiger partial charge in [0.25, 0.3) is 0 Å². The van der Waals surface area contributed by atoms with E-state index in [2.05, 4.69) is 21.6 Å². The first-order valence-electron chi connectivity index (χ1n) is 14.0. The van der Waals surface area contributed by atoms with E-state index in [4.69, 9.17) is 14.5 Å². The number of hydrogen-bond donors (Lipinski definition) is 2. The minimum atomic E-state index is -0.882. The molecule has 2 saturated heterocycles. The second kappa shape index (κ2) is 14.5. The molecule has 208 valence electrons. The number of alkyl carbamates (subject to hydrolysis) is 1. The number of nitriles is 1. The number of piperidine rings is 2. The zero-order valence-electron chi connectivity index (χ0n) is 23.0. The summed E-state index contributed by atoms with van der Waals surface area (Å²) in [5, 5.41) is 15.9. The maximum atomic E-state index is 13.8. The highest BCUT2D eigenvalue weighted by atomic mass is 16.5. The van der Waals surface area contributed by atoms with Gasteiger partial charge in [-0.15, -0.1) is 0 Å². The van der Waals surface area contributed by atoms with Crippen molar-refractivity contribution in [1.29, 1.82) is 5.26 Å². The van der Waals surface area contributed by atoms with Crippen LogP contribution in [-0.4, -0.2) is 92.9 Å². The van der Waals surface area contributed by atoms with Gasteiger partial charge < -0.3 is 24.6 Å². The van der Waals surface area contributed by atoms with Crippen LogP contribution in [0.15, 0.2) is 4.99 Å². The predicted molar refractivity (Wildman–Crippen MR) is 142 cm³/mol. The van der Waals surface area contributed by atoms with E-state index in [9.17, 15) is 14.9 Å². The molecule has 0 bridgehead atoms. The fourth-order valence-corrected chi connectivity index (χ4v) is 5.77. The molecule has 0 aromatic rings. The fourth-order valence-electron chi connectivity index (χ4n) is 5.77. The Hall–Kier alpha value is -2.38. The summed E-state index contributed by atoms with van der Waals surface area (Å²) in [5.74, 6) is 0.866. The summed E-state index contributed by atoms with van der Waals surface area (Å²) in [4.78, 5) is 35.4. The Morgan fingerprint density at radius 3 is 2.46 bits per heavy atom. The first-order valence-corrected chi connectivity index (χ1v) is 14.0. The molecule has 2 atom stereocenters. The van der Waals surface area contributed by atoms with Crippen LogP contribution in [0.2, 0.25) is 0 Å². The van der Waals surface area contributed by atoms with Crippen LogP contribution < -0.4 is 10.6 Å². The zero-order valence-corrected chi connectivity index (χ0v) is 23.0. The topological polar surface area (TPSA) is 119 Å². The third kappa shape index (κ3) is 8.85. The van der Waals surface area contributed by atoms with E-state index in [0.29, 0.717) is 50.2 Å². The van der Waals surface area contributed by atoms with E-state index in [0.717, 1.165) is 58.2 Å². The average molecular weight is 519 g/mol. The van der Waals surface area contributed by atoms with Crippen molar-refractivity contribution < 1.29 is 19.1 Å².